The second-order valence-electron chi connectivity index (χ2n) is 4.56. The molecule has 1 aromatic carbocycles. The number of anilines is 2. The first-order valence-corrected chi connectivity index (χ1v) is 6.10. The molecule has 0 spiro atoms. The second kappa shape index (κ2) is 4.75. The summed E-state index contributed by atoms with van der Waals surface area (Å²) in [5.41, 5.74) is -0.907. The van der Waals surface area contributed by atoms with Crippen molar-refractivity contribution in [2.45, 2.75) is 12.5 Å². The normalized spacial score (nSPS) is 20.9. The number of carboxylic acid groups (broad SMARTS) is 2. The Hall–Kier alpha value is -2.15. The van der Waals surface area contributed by atoms with Crippen molar-refractivity contribution in [3.05, 3.63) is 17.2 Å². The van der Waals surface area contributed by atoms with Gasteiger partial charge in [0.25, 0.3) is 0 Å². The lowest BCUT2D eigenvalue weighted by Gasteiger charge is -2.38. The number of hydrogen-bond donors (Lipinski definition) is 3. The standard InChI is InChI=1S/C12H13ClN2O5/c1-12(10(16)17)5-15(11(18)19)8-3-6(13)7(14-2)4-9(8)20-12/h3-4,14H,5H2,1-2H3,(H,16,17)(H,18,19). The predicted octanol–water partition coefficient (Wildman–Crippen LogP) is 2.10. The van der Waals surface area contributed by atoms with Crippen LogP contribution in [0.1, 0.15) is 6.92 Å². The minimum absolute atomic E-state index is 0.150. The molecule has 1 atom stereocenters. The molecule has 0 saturated carbocycles. The Balaban J connectivity index is 2.59. The Bertz CT molecular complexity index is 591. The Morgan fingerprint density at radius 2 is 2.10 bits per heavy atom. The van der Waals surface area contributed by atoms with Crippen LogP contribution in [-0.2, 0) is 4.79 Å². The molecule has 0 bridgehead atoms. The van der Waals surface area contributed by atoms with Crippen molar-refractivity contribution >= 4 is 35.0 Å². The number of rotatable bonds is 2. The van der Waals surface area contributed by atoms with Crippen molar-refractivity contribution in [3.63, 3.8) is 0 Å². The first-order chi connectivity index (χ1) is 9.28. The predicted molar refractivity (Wildman–Crippen MR) is 73.0 cm³/mol. The molecule has 20 heavy (non-hydrogen) atoms. The number of aliphatic carboxylic acids is 1. The van der Waals surface area contributed by atoms with E-state index in [0.29, 0.717) is 10.7 Å². The maximum absolute atomic E-state index is 11.3. The number of ether oxygens (including phenoxy) is 1. The molecule has 1 aromatic rings. The number of nitrogens with zero attached hydrogens (tertiary/aromatic N) is 1. The summed E-state index contributed by atoms with van der Waals surface area (Å²) in [6.07, 6.45) is -1.27. The highest BCUT2D eigenvalue weighted by molar-refractivity contribution is 6.33. The van der Waals surface area contributed by atoms with Crippen LogP contribution in [0.5, 0.6) is 5.75 Å². The van der Waals surface area contributed by atoms with E-state index in [-0.39, 0.29) is 18.0 Å². The number of carbonyl (C=O) groups is 2. The van der Waals surface area contributed by atoms with Crippen LogP contribution in [0.3, 0.4) is 0 Å². The molecule has 1 heterocycles. The smallest absolute Gasteiger partial charge is 0.412 e. The molecule has 108 valence electrons. The fraction of sp³-hybridized carbons (Fsp3) is 0.333. The van der Waals surface area contributed by atoms with E-state index in [2.05, 4.69) is 5.32 Å². The quantitative estimate of drug-likeness (QED) is 0.773. The van der Waals surface area contributed by atoms with Crippen molar-refractivity contribution in [2.24, 2.45) is 0 Å². The summed E-state index contributed by atoms with van der Waals surface area (Å²) in [6, 6.07) is 2.91. The number of halogens is 1. The van der Waals surface area contributed by atoms with E-state index < -0.39 is 17.7 Å². The lowest BCUT2D eigenvalue weighted by Crippen LogP contribution is -2.55. The van der Waals surface area contributed by atoms with Crippen LogP contribution in [0.25, 0.3) is 0 Å². The highest BCUT2D eigenvalue weighted by Gasteiger charge is 2.44. The zero-order chi connectivity index (χ0) is 15.1. The molecule has 1 aliphatic heterocycles. The molecular formula is C12H13ClN2O5. The van der Waals surface area contributed by atoms with E-state index in [1.54, 1.807) is 7.05 Å². The topological polar surface area (TPSA) is 99.1 Å². The average Bonchev–Trinajstić information content (AvgIpc) is 2.37. The summed E-state index contributed by atoms with van der Waals surface area (Å²) in [7, 11) is 1.64. The van der Waals surface area contributed by atoms with Gasteiger partial charge < -0.3 is 20.3 Å². The van der Waals surface area contributed by atoms with Gasteiger partial charge in [-0.05, 0) is 13.0 Å². The summed E-state index contributed by atoms with van der Waals surface area (Å²) in [5.74, 6) is -1.09. The third-order valence-corrected chi connectivity index (χ3v) is 3.40. The van der Waals surface area contributed by atoms with Gasteiger partial charge in [0.05, 0.1) is 22.9 Å². The van der Waals surface area contributed by atoms with Gasteiger partial charge in [-0.1, -0.05) is 11.6 Å². The Labute approximate surface area is 119 Å². The molecule has 0 saturated heterocycles. The van der Waals surface area contributed by atoms with Gasteiger partial charge in [-0.25, -0.2) is 9.59 Å². The molecular weight excluding hydrogens is 288 g/mol. The first-order valence-electron chi connectivity index (χ1n) is 5.72. The number of fused-ring (bicyclic) bond motifs is 1. The number of carboxylic acids is 1. The molecule has 0 aliphatic carbocycles. The molecule has 2 rings (SSSR count). The zero-order valence-corrected chi connectivity index (χ0v) is 11.6. The molecule has 0 aromatic heterocycles. The van der Waals surface area contributed by atoms with Gasteiger partial charge in [0.2, 0.25) is 5.60 Å². The van der Waals surface area contributed by atoms with Gasteiger partial charge >= 0.3 is 12.1 Å². The molecule has 7 nitrogen and oxygen atoms in total. The summed E-state index contributed by atoms with van der Waals surface area (Å²) < 4.78 is 5.46. The minimum Gasteiger partial charge on any atom is -0.478 e. The second-order valence-corrected chi connectivity index (χ2v) is 4.96. The fourth-order valence-corrected chi connectivity index (χ4v) is 2.22. The molecule has 0 radical (unpaired) electrons. The lowest BCUT2D eigenvalue weighted by atomic mass is 10.0. The van der Waals surface area contributed by atoms with Crippen molar-refractivity contribution in [3.8, 4) is 5.75 Å². The van der Waals surface area contributed by atoms with Gasteiger partial charge in [0, 0.05) is 13.1 Å². The van der Waals surface area contributed by atoms with E-state index in [1.165, 1.54) is 19.1 Å². The van der Waals surface area contributed by atoms with Crippen molar-refractivity contribution in [1.29, 1.82) is 0 Å². The largest absolute Gasteiger partial charge is 0.478 e. The van der Waals surface area contributed by atoms with Crippen LogP contribution in [0.15, 0.2) is 12.1 Å². The van der Waals surface area contributed by atoms with E-state index in [0.717, 1.165) is 4.90 Å². The summed E-state index contributed by atoms with van der Waals surface area (Å²) in [6.45, 7) is 1.00. The first kappa shape index (κ1) is 14.3. The lowest BCUT2D eigenvalue weighted by molar-refractivity contribution is -0.153. The SMILES string of the molecule is CNc1cc2c(cc1Cl)N(C(=O)O)CC(C)(C(=O)O)O2. The molecule has 3 N–H and O–H groups in total. The van der Waals surface area contributed by atoms with Crippen molar-refractivity contribution in [1.82, 2.24) is 0 Å². The van der Waals surface area contributed by atoms with Gasteiger partial charge in [-0.2, -0.15) is 0 Å². The van der Waals surface area contributed by atoms with Crippen LogP contribution in [-0.4, -0.2) is 41.5 Å². The van der Waals surface area contributed by atoms with E-state index in [9.17, 15) is 19.8 Å². The number of amides is 1. The molecule has 1 unspecified atom stereocenters. The molecule has 8 heteroatoms. The van der Waals surface area contributed by atoms with Crippen LogP contribution < -0.4 is 15.0 Å². The van der Waals surface area contributed by atoms with Crippen LogP contribution in [0.4, 0.5) is 16.2 Å². The maximum Gasteiger partial charge on any atom is 0.412 e. The monoisotopic (exact) mass is 300 g/mol. The summed E-state index contributed by atoms with van der Waals surface area (Å²) in [4.78, 5) is 23.5. The van der Waals surface area contributed by atoms with Gasteiger partial charge in [-0.3, -0.25) is 4.90 Å². The van der Waals surface area contributed by atoms with Gasteiger partial charge in [0.1, 0.15) is 5.75 Å². The van der Waals surface area contributed by atoms with Crippen LogP contribution >= 0.6 is 11.6 Å². The van der Waals surface area contributed by atoms with Crippen LogP contribution in [0.2, 0.25) is 5.02 Å². The fourth-order valence-electron chi connectivity index (χ4n) is 1.97. The third kappa shape index (κ3) is 2.20. The summed E-state index contributed by atoms with van der Waals surface area (Å²) in [5, 5.41) is 21.6. The van der Waals surface area contributed by atoms with Crippen molar-refractivity contribution in [2.75, 3.05) is 23.8 Å². The Morgan fingerprint density at radius 1 is 1.45 bits per heavy atom. The number of hydrogen-bond acceptors (Lipinski definition) is 4. The van der Waals surface area contributed by atoms with E-state index in [1.807, 2.05) is 0 Å². The Morgan fingerprint density at radius 3 is 2.60 bits per heavy atom. The van der Waals surface area contributed by atoms with Crippen molar-refractivity contribution < 1.29 is 24.5 Å². The third-order valence-electron chi connectivity index (χ3n) is 3.09. The zero-order valence-electron chi connectivity index (χ0n) is 10.8. The molecule has 0 fully saturated rings. The maximum atomic E-state index is 11.3. The number of benzene rings is 1. The highest BCUT2D eigenvalue weighted by Crippen LogP contribution is 2.42. The van der Waals surface area contributed by atoms with Gasteiger partial charge in [0.15, 0.2) is 0 Å². The molecule has 1 aliphatic rings. The minimum atomic E-state index is -1.65. The highest BCUT2D eigenvalue weighted by atomic mass is 35.5. The molecule has 1 amide bonds. The van der Waals surface area contributed by atoms with Gasteiger partial charge in [-0.15, -0.1) is 0 Å². The van der Waals surface area contributed by atoms with E-state index in [4.69, 9.17) is 16.3 Å². The summed E-state index contributed by atoms with van der Waals surface area (Å²) >= 11 is 6.01. The number of nitrogens with one attached hydrogen (secondary N) is 1. The average molecular weight is 301 g/mol. The van der Waals surface area contributed by atoms with E-state index >= 15 is 0 Å². The van der Waals surface area contributed by atoms with Crippen LogP contribution in [0, 0.1) is 0 Å². The Kier molecular flexibility index (Phi) is 3.39.